The summed E-state index contributed by atoms with van der Waals surface area (Å²) in [6, 6.07) is 13.3. The molecule has 1 N–H and O–H groups in total. The van der Waals surface area contributed by atoms with Crippen molar-refractivity contribution in [3.05, 3.63) is 64.7 Å². The second kappa shape index (κ2) is 5.98. The maximum atomic E-state index is 12.8. The van der Waals surface area contributed by atoms with Crippen LogP contribution in [0.2, 0.25) is 0 Å². The molecule has 0 unspecified atom stereocenters. The predicted octanol–water partition coefficient (Wildman–Crippen LogP) is 2.94. The van der Waals surface area contributed by atoms with E-state index in [1.54, 1.807) is 25.1 Å². The lowest BCUT2D eigenvalue weighted by Gasteiger charge is -2.06. The summed E-state index contributed by atoms with van der Waals surface area (Å²) in [5, 5.41) is 0.907. The molecular formula is C19H17N3O3. The molecule has 0 fully saturated rings. The first-order valence-electron chi connectivity index (χ1n) is 7.87. The quantitative estimate of drug-likeness (QED) is 0.622. The third-order valence-corrected chi connectivity index (χ3v) is 4.29. The maximum Gasteiger partial charge on any atom is 0.277 e. The number of ether oxygens (including phenoxy) is 2. The highest BCUT2D eigenvalue weighted by Gasteiger charge is 2.11. The van der Waals surface area contributed by atoms with E-state index in [2.05, 4.69) is 9.97 Å². The Kier molecular flexibility index (Phi) is 3.65. The monoisotopic (exact) mass is 335 g/mol. The van der Waals surface area contributed by atoms with E-state index in [0.717, 1.165) is 28.0 Å². The van der Waals surface area contributed by atoms with Crippen LogP contribution >= 0.6 is 0 Å². The molecule has 2 aromatic carbocycles. The summed E-state index contributed by atoms with van der Waals surface area (Å²) in [6.07, 6.45) is 1.59. The van der Waals surface area contributed by atoms with Crippen LogP contribution in [0.25, 0.3) is 21.9 Å². The zero-order chi connectivity index (χ0) is 17.4. The van der Waals surface area contributed by atoms with Crippen LogP contribution in [0.5, 0.6) is 11.5 Å². The van der Waals surface area contributed by atoms with E-state index in [0.29, 0.717) is 17.6 Å². The summed E-state index contributed by atoms with van der Waals surface area (Å²) >= 11 is 0. The van der Waals surface area contributed by atoms with Gasteiger partial charge in [0, 0.05) is 11.5 Å². The van der Waals surface area contributed by atoms with Gasteiger partial charge >= 0.3 is 0 Å². The molecule has 0 spiro atoms. The van der Waals surface area contributed by atoms with Gasteiger partial charge in [-0.25, -0.2) is 4.98 Å². The average molecular weight is 335 g/mol. The molecule has 0 saturated heterocycles. The van der Waals surface area contributed by atoms with Crippen molar-refractivity contribution >= 4 is 21.9 Å². The first-order chi connectivity index (χ1) is 12.2. The van der Waals surface area contributed by atoms with Crippen molar-refractivity contribution in [1.82, 2.24) is 14.5 Å². The van der Waals surface area contributed by atoms with E-state index in [9.17, 15) is 4.79 Å². The van der Waals surface area contributed by atoms with Gasteiger partial charge in [0.05, 0.1) is 32.6 Å². The number of fused-ring (bicyclic) bond motifs is 3. The number of hydrogen-bond donors (Lipinski definition) is 1. The molecule has 0 aliphatic heterocycles. The Morgan fingerprint density at radius 2 is 1.76 bits per heavy atom. The van der Waals surface area contributed by atoms with Crippen molar-refractivity contribution in [2.45, 2.75) is 6.54 Å². The fraction of sp³-hybridized carbons (Fsp3) is 0.158. The van der Waals surface area contributed by atoms with Gasteiger partial charge in [0.25, 0.3) is 5.56 Å². The number of aromatic amines is 1. The van der Waals surface area contributed by atoms with E-state index in [-0.39, 0.29) is 5.56 Å². The first-order valence-corrected chi connectivity index (χ1v) is 7.87. The van der Waals surface area contributed by atoms with E-state index in [4.69, 9.17) is 9.47 Å². The number of methoxy groups -OCH3 is 2. The predicted molar refractivity (Wildman–Crippen MR) is 96.5 cm³/mol. The molecule has 0 aliphatic carbocycles. The topological polar surface area (TPSA) is 69.1 Å². The summed E-state index contributed by atoms with van der Waals surface area (Å²) in [6.45, 7) is 0.449. The van der Waals surface area contributed by atoms with Crippen molar-refractivity contribution in [2.75, 3.05) is 14.2 Å². The summed E-state index contributed by atoms with van der Waals surface area (Å²) in [5.74, 6) is 1.52. The number of rotatable bonds is 4. The van der Waals surface area contributed by atoms with Gasteiger partial charge in [0.2, 0.25) is 0 Å². The van der Waals surface area contributed by atoms with Gasteiger partial charge in [0.1, 0.15) is 22.5 Å². The Balaban J connectivity index is 1.78. The van der Waals surface area contributed by atoms with E-state index in [1.165, 1.54) is 0 Å². The number of benzene rings is 2. The number of hydrogen-bond acceptors (Lipinski definition) is 4. The molecule has 2 heterocycles. The lowest BCUT2D eigenvalue weighted by Crippen LogP contribution is -2.21. The van der Waals surface area contributed by atoms with Crippen LogP contribution in [-0.4, -0.2) is 28.8 Å². The van der Waals surface area contributed by atoms with Crippen LogP contribution in [0.1, 0.15) is 5.56 Å². The number of nitrogens with zero attached hydrogens (tertiary/aromatic N) is 2. The molecule has 2 aromatic heterocycles. The van der Waals surface area contributed by atoms with Gasteiger partial charge in [0.15, 0.2) is 0 Å². The Hall–Kier alpha value is -3.28. The smallest absolute Gasteiger partial charge is 0.277 e. The standard InChI is InChI=1S/C19H17N3O3/c1-24-13-5-3-12(4-6-13)10-22-11-20-17-15-8-7-14(25-2)9-16(15)21-18(17)19(22)23/h3-9,11,21H,10H2,1-2H3. The Bertz CT molecular complexity index is 1110. The van der Waals surface area contributed by atoms with Crippen LogP contribution in [0.4, 0.5) is 0 Å². The van der Waals surface area contributed by atoms with Crippen molar-refractivity contribution < 1.29 is 9.47 Å². The lowest BCUT2D eigenvalue weighted by atomic mass is 10.2. The van der Waals surface area contributed by atoms with Crippen molar-refractivity contribution in [2.24, 2.45) is 0 Å². The average Bonchev–Trinajstić information content (AvgIpc) is 3.03. The zero-order valence-corrected chi connectivity index (χ0v) is 13.9. The zero-order valence-electron chi connectivity index (χ0n) is 13.9. The van der Waals surface area contributed by atoms with Gasteiger partial charge in [-0.3, -0.25) is 9.36 Å². The molecule has 6 nitrogen and oxygen atoms in total. The first kappa shape index (κ1) is 15.3. The van der Waals surface area contributed by atoms with Gasteiger partial charge in [-0.1, -0.05) is 12.1 Å². The summed E-state index contributed by atoms with van der Waals surface area (Å²) in [7, 11) is 3.24. The number of aromatic nitrogens is 3. The molecule has 25 heavy (non-hydrogen) atoms. The lowest BCUT2D eigenvalue weighted by molar-refractivity contribution is 0.414. The van der Waals surface area contributed by atoms with Crippen LogP contribution in [0.15, 0.2) is 53.6 Å². The van der Waals surface area contributed by atoms with Crippen LogP contribution < -0.4 is 15.0 Å². The number of nitrogens with one attached hydrogen (secondary N) is 1. The van der Waals surface area contributed by atoms with Gasteiger partial charge in [-0.2, -0.15) is 0 Å². The maximum absolute atomic E-state index is 12.8. The Morgan fingerprint density at radius 3 is 2.48 bits per heavy atom. The van der Waals surface area contributed by atoms with E-state index < -0.39 is 0 Å². The SMILES string of the molecule is COc1ccc(Cn2cnc3c([nH]c4cc(OC)ccc43)c2=O)cc1. The van der Waals surface area contributed by atoms with Crippen molar-refractivity contribution in [3.8, 4) is 11.5 Å². The minimum Gasteiger partial charge on any atom is -0.497 e. The molecule has 6 heteroatoms. The van der Waals surface area contributed by atoms with Gasteiger partial charge in [-0.05, 0) is 29.8 Å². The Labute approximate surface area is 143 Å². The molecular weight excluding hydrogens is 318 g/mol. The Morgan fingerprint density at radius 1 is 1.04 bits per heavy atom. The molecule has 4 rings (SSSR count). The minimum atomic E-state index is -0.101. The fourth-order valence-electron chi connectivity index (χ4n) is 2.94. The summed E-state index contributed by atoms with van der Waals surface area (Å²) in [5.41, 5.74) is 2.91. The largest absolute Gasteiger partial charge is 0.497 e. The van der Waals surface area contributed by atoms with Crippen molar-refractivity contribution in [1.29, 1.82) is 0 Å². The highest BCUT2D eigenvalue weighted by molar-refractivity contribution is 6.04. The van der Waals surface area contributed by atoms with Gasteiger partial charge in [-0.15, -0.1) is 0 Å². The molecule has 0 aliphatic rings. The summed E-state index contributed by atoms with van der Waals surface area (Å²) in [4.78, 5) is 20.5. The van der Waals surface area contributed by atoms with Crippen LogP contribution in [0.3, 0.4) is 0 Å². The molecule has 0 amide bonds. The fourth-order valence-corrected chi connectivity index (χ4v) is 2.94. The molecule has 0 bridgehead atoms. The third-order valence-electron chi connectivity index (χ3n) is 4.29. The molecule has 4 aromatic rings. The normalized spacial score (nSPS) is 11.1. The van der Waals surface area contributed by atoms with Gasteiger partial charge < -0.3 is 14.5 Å². The van der Waals surface area contributed by atoms with E-state index >= 15 is 0 Å². The van der Waals surface area contributed by atoms with Crippen LogP contribution in [-0.2, 0) is 6.54 Å². The van der Waals surface area contributed by atoms with Crippen LogP contribution in [0, 0.1) is 0 Å². The highest BCUT2D eigenvalue weighted by Crippen LogP contribution is 2.25. The second-order valence-corrected chi connectivity index (χ2v) is 5.79. The number of H-pyrrole nitrogens is 1. The molecule has 0 saturated carbocycles. The van der Waals surface area contributed by atoms with Crippen molar-refractivity contribution in [3.63, 3.8) is 0 Å². The minimum absolute atomic E-state index is 0.101. The molecule has 0 atom stereocenters. The summed E-state index contributed by atoms with van der Waals surface area (Å²) < 4.78 is 12.0. The molecule has 0 radical (unpaired) electrons. The highest BCUT2D eigenvalue weighted by atomic mass is 16.5. The molecule has 126 valence electrons. The van der Waals surface area contributed by atoms with E-state index in [1.807, 2.05) is 42.5 Å². The second-order valence-electron chi connectivity index (χ2n) is 5.79. The third kappa shape index (κ3) is 2.61.